The van der Waals surface area contributed by atoms with Gasteiger partial charge in [-0.3, -0.25) is 24.0 Å². The molecule has 0 amide bonds. The third-order valence-corrected chi connectivity index (χ3v) is 14.9. The van der Waals surface area contributed by atoms with Crippen LogP contribution in [0, 0.1) is 45.8 Å². The van der Waals surface area contributed by atoms with Gasteiger partial charge in [-0.25, -0.2) is 0 Å². The molecule has 1 N–H and O–H groups in total. The smallest absolute Gasteiger partial charge is 0.317 e. The molecule has 53 heavy (non-hydrogen) atoms. The van der Waals surface area contributed by atoms with Crippen molar-refractivity contribution in [2.24, 2.45) is 45.8 Å². The number of rotatable bonds is 8. The van der Waals surface area contributed by atoms with Crippen LogP contribution in [-0.2, 0) is 57.1 Å². The summed E-state index contributed by atoms with van der Waals surface area (Å²) in [5, 5.41) is 14.0. The zero-order valence-electron chi connectivity index (χ0n) is 31.9. The van der Waals surface area contributed by atoms with Crippen LogP contribution in [0.15, 0.2) is 23.0 Å². The molecule has 0 radical (unpaired) electrons. The monoisotopic (exact) mass is 742 g/mol. The minimum atomic E-state index is -2.35. The van der Waals surface area contributed by atoms with Crippen LogP contribution in [0.5, 0.6) is 0 Å². The van der Waals surface area contributed by atoms with Gasteiger partial charge in [0.2, 0.25) is 0 Å². The van der Waals surface area contributed by atoms with E-state index in [9.17, 15) is 29.1 Å². The van der Waals surface area contributed by atoms with Gasteiger partial charge in [0.15, 0.2) is 11.7 Å². The highest BCUT2D eigenvalue weighted by atomic mass is 16.9. The van der Waals surface area contributed by atoms with Gasteiger partial charge in [0, 0.05) is 53.9 Å². The lowest BCUT2D eigenvalue weighted by molar-refractivity contribution is -0.478. The zero-order valence-corrected chi connectivity index (χ0v) is 31.9. The molecule has 1 aromatic rings. The van der Waals surface area contributed by atoms with Crippen molar-refractivity contribution in [2.75, 3.05) is 7.11 Å². The van der Waals surface area contributed by atoms with Crippen molar-refractivity contribution in [3.05, 3.63) is 24.2 Å². The van der Waals surface area contributed by atoms with E-state index >= 15 is 0 Å². The first-order valence-electron chi connectivity index (χ1n) is 18.6. The molecular formula is C39H50O14. The summed E-state index contributed by atoms with van der Waals surface area (Å²) < 4.78 is 51.1. The molecular weight excluding hydrogens is 692 g/mol. The second-order valence-corrected chi connectivity index (χ2v) is 18.0. The van der Waals surface area contributed by atoms with Crippen LogP contribution in [-0.4, -0.2) is 82.5 Å². The van der Waals surface area contributed by atoms with Gasteiger partial charge in [-0.05, 0) is 31.2 Å². The number of cyclic esters (lactones) is 1. The summed E-state index contributed by atoms with van der Waals surface area (Å²) in [6, 6.07) is 1.69. The molecule has 14 heteroatoms. The number of aliphatic hydroxyl groups is 1. The molecule has 8 rings (SSSR count). The van der Waals surface area contributed by atoms with E-state index in [1.165, 1.54) is 26.6 Å². The molecule has 7 aliphatic rings. The first-order chi connectivity index (χ1) is 24.6. The van der Waals surface area contributed by atoms with Crippen molar-refractivity contribution in [3.8, 4) is 0 Å². The van der Waals surface area contributed by atoms with E-state index in [0.29, 0.717) is 12.0 Å². The Hall–Kier alpha value is -3.33. The fourth-order valence-electron chi connectivity index (χ4n) is 13.3. The van der Waals surface area contributed by atoms with Crippen LogP contribution >= 0.6 is 0 Å². The highest BCUT2D eigenvalue weighted by Gasteiger charge is 3.04. The minimum absolute atomic E-state index is 0.0680. The first-order valence-corrected chi connectivity index (χ1v) is 18.6. The van der Waals surface area contributed by atoms with E-state index in [-0.39, 0.29) is 19.3 Å². The number of methoxy groups -OCH3 is 1. The third-order valence-electron chi connectivity index (χ3n) is 14.9. The third kappa shape index (κ3) is 3.82. The van der Waals surface area contributed by atoms with Crippen molar-refractivity contribution >= 4 is 29.7 Å². The molecule has 3 aliphatic heterocycles. The average Bonchev–Trinajstić information content (AvgIpc) is 3.77. The van der Waals surface area contributed by atoms with Crippen LogP contribution < -0.4 is 0 Å². The Morgan fingerprint density at radius 3 is 2.19 bits per heavy atom. The molecule has 3 saturated heterocycles. The van der Waals surface area contributed by atoms with Crippen molar-refractivity contribution < 1.29 is 66.7 Å². The predicted octanol–water partition coefficient (Wildman–Crippen LogP) is 3.96. The molecule has 290 valence electrons. The number of esters is 4. The van der Waals surface area contributed by atoms with E-state index in [2.05, 4.69) is 0 Å². The van der Waals surface area contributed by atoms with E-state index < -0.39 is 122 Å². The number of Topliss-reactive ketones (excluding diaryl/α,β-unsaturated/α-hetero) is 1. The fraction of sp³-hybridized carbons (Fsp3) is 0.769. The van der Waals surface area contributed by atoms with Gasteiger partial charge in [0.25, 0.3) is 5.97 Å². The van der Waals surface area contributed by atoms with Gasteiger partial charge in [-0.15, -0.1) is 0 Å². The Morgan fingerprint density at radius 1 is 0.925 bits per heavy atom. The maximum atomic E-state index is 14.6. The topological polar surface area (TPSA) is 183 Å². The lowest BCUT2D eigenvalue weighted by Gasteiger charge is -2.77. The molecule has 4 bridgehead atoms. The molecule has 14 atom stereocenters. The normalized spacial score (nSPS) is 49.7. The number of ether oxygens (including phenoxy) is 7. The molecule has 14 nitrogen and oxygen atoms in total. The summed E-state index contributed by atoms with van der Waals surface area (Å²) in [4.78, 5) is 69.8. The summed E-state index contributed by atoms with van der Waals surface area (Å²) in [6.45, 7) is 15.1. The predicted molar refractivity (Wildman–Crippen MR) is 178 cm³/mol. The van der Waals surface area contributed by atoms with Crippen LogP contribution in [0.25, 0.3) is 0 Å². The van der Waals surface area contributed by atoms with Gasteiger partial charge in [-0.2, -0.15) is 0 Å². The van der Waals surface area contributed by atoms with E-state index in [1.54, 1.807) is 40.7 Å². The SMILES string of the molecule is COC(=O)C[C@H]1[C@@]2(C)C[C@@]34O[C@]5(C)O[C@]6([C@@H]7[C@H](C(=O)C(C)C)C(=O)O[C@@H](c8ccoc8)[C@]7(C)CC[C@]6(O5)[C@]13C)[C@H](OC(C)=O)[C@@]4(O)[C@H]2OC(=O)C(C)C. The number of hydrogen-bond donors (Lipinski definition) is 1. The molecule has 4 aliphatic carbocycles. The number of ketones is 1. The van der Waals surface area contributed by atoms with Crippen molar-refractivity contribution in [3.63, 3.8) is 0 Å². The summed E-state index contributed by atoms with van der Waals surface area (Å²) in [6.07, 6.45) is -0.729. The van der Waals surface area contributed by atoms with Crippen LogP contribution in [0.1, 0.15) is 99.7 Å². The number of fused-ring (bicyclic) bond motifs is 3. The van der Waals surface area contributed by atoms with Crippen molar-refractivity contribution in [2.45, 2.75) is 135 Å². The van der Waals surface area contributed by atoms with Crippen LogP contribution in [0.3, 0.4) is 0 Å². The summed E-state index contributed by atoms with van der Waals surface area (Å²) in [5.74, 6) is -9.79. The Bertz CT molecular complexity index is 1810. The van der Waals surface area contributed by atoms with Gasteiger partial charge < -0.3 is 42.7 Å². The minimum Gasteiger partial charge on any atom is -0.472 e. The quantitative estimate of drug-likeness (QED) is 0.229. The molecule has 2 spiro atoms. The van der Waals surface area contributed by atoms with Crippen LogP contribution in [0.2, 0.25) is 0 Å². The molecule has 1 aromatic heterocycles. The number of furan rings is 1. The maximum Gasteiger partial charge on any atom is 0.317 e. The van der Waals surface area contributed by atoms with E-state index in [1.807, 2.05) is 20.8 Å². The van der Waals surface area contributed by atoms with Crippen molar-refractivity contribution in [1.82, 2.24) is 0 Å². The van der Waals surface area contributed by atoms with Crippen molar-refractivity contribution in [1.29, 1.82) is 0 Å². The molecule has 4 saturated carbocycles. The van der Waals surface area contributed by atoms with Gasteiger partial charge >= 0.3 is 23.9 Å². The lowest BCUT2D eigenvalue weighted by atomic mass is 9.32. The van der Waals surface area contributed by atoms with E-state index in [4.69, 9.17) is 37.6 Å². The molecule has 0 aromatic carbocycles. The second-order valence-electron chi connectivity index (χ2n) is 18.0. The summed E-state index contributed by atoms with van der Waals surface area (Å²) in [5.41, 5.74) is -10.7. The fourth-order valence-corrected chi connectivity index (χ4v) is 13.3. The summed E-state index contributed by atoms with van der Waals surface area (Å²) in [7, 11) is 1.29. The van der Waals surface area contributed by atoms with Gasteiger partial charge in [0.05, 0.1) is 25.6 Å². The average molecular weight is 743 g/mol. The van der Waals surface area contributed by atoms with Gasteiger partial charge in [-0.1, -0.05) is 48.5 Å². The largest absolute Gasteiger partial charge is 0.472 e. The standard InChI is InChI=1S/C39H50O14/c1-18(2)25(42)24-26-32(6,27(49-29(24)44)21-11-14-47-16-21)12-13-36-34(8)22(15-23(41)46-10)33(7)17-37(34)38(45,30(33)50-28(43)19(3)4)31(48-20(5)40)39(26,36)53-35(9,51-36)52-37/h11,14,16,18-19,22,24,26-27,30-31,45H,12-13,15,17H2,1-10H3/t22-,24-,26+,27-,30-,31+,32+,33+,34-,35+,36-,37+,38-,39+/m0/s1. The molecule has 4 heterocycles. The molecule has 7 fully saturated rings. The second kappa shape index (κ2) is 10.7. The van der Waals surface area contributed by atoms with E-state index in [0.717, 1.165) is 0 Å². The number of carbonyl (C=O) groups is 5. The summed E-state index contributed by atoms with van der Waals surface area (Å²) >= 11 is 0. The Balaban J connectivity index is 1.50. The van der Waals surface area contributed by atoms with Gasteiger partial charge in [0.1, 0.15) is 40.7 Å². The Kier molecular flexibility index (Phi) is 7.40. The van der Waals surface area contributed by atoms with Crippen LogP contribution in [0.4, 0.5) is 0 Å². The maximum absolute atomic E-state index is 14.6. The Labute approximate surface area is 307 Å². The number of carbonyl (C=O) groups excluding carboxylic acids is 5. The first kappa shape index (κ1) is 36.6. The highest BCUT2D eigenvalue weighted by molar-refractivity contribution is 6.01. The molecule has 0 unspecified atom stereocenters. The Morgan fingerprint density at radius 2 is 1.60 bits per heavy atom. The zero-order chi connectivity index (χ0) is 38.7. The highest BCUT2D eigenvalue weighted by Crippen LogP contribution is 2.90. The lowest BCUT2D eigenvalue weighted by Crippen LogP contribution is -2.94. The number of hydrogen-bond acceptors (Lipinski definition) is 14.